The summed E-state index contributed by atoms with van der Waals surface area (Å²) in [7, 11) is 0. The van der Waals surface area contributed by atoms with Crippen molar-refractivity contribution in [3.05, 3.63) is 12.2 Å². The lowest BCUT2D eigenvalue weighted by atomic mass is 9.70. The van der Waals surface area contributed by atoms with Crippen molar-refractivity contribution in [1.82, 2.24) is 0 Å². The van der Waals surface area contributed by atoms with Crippen LogP contribution in [-0.4, -0.2) is 11.7 Å². The maximum atomic E-state index is 11.3. The Morgan fingerprint density at radius 3 is 2.90 bits per heavy atom. The molecule has 10 heavy (non-hydrogen) atoms. The minimum absolute atomic E-state index is 0.221. The Kier molecular flexibility index (Phi) is 1.19. The van der Waals surface area contributed by atoms with E-state index in [1.165, 1.54) is 0 Å². The van der Waals surface area contributed by atoms with Gasteiger partial charge in [-0.05, 0) is 12.3 Å². The van der Waals surface area contributed by atoms with Crippen LogP contribution in [0.3, 0.4) is 0 Å². The fourth-order valence-corrected chi connectivity index (χ4v) is 2.29. The van der Waals surface area contributed by atoms with Gasteiger partial charge in [-0.25, -0.2) is 0 Å². The fraction of sp³-hybridized carbons (Fsp3) is 0.625. The second kappa shape index (κ2) is 1.85. The molecule has 2 atom stereocenters. The molecule has 0 bridgehead atoms. The van der Waals surface area contributed by atoms with Crippen LogP contribution >= 0.6 is 11.6 Å². The first-order valence-electron chi connectivity index (χ1n) is 3.58. The molecule has 0 N–H and O–H groups in total. The van der Waals surface area contributed by atoms with Gasteiger partial charge in [-0.15, -0.1) is 11.6 Å². The van der Waals surface area contributed by atoms with Crippen molar-refractivity contribution in [3.8, 4) is 0 Å². The van der Waals surface area contributed by atoms with Gasteiger partial charge in [-0.1, -0.05) is 12.2 Å². The molecular formula is C8H9ClO. The highest BCUT2D eigenvalue weighted by molar-refractivity contribution is 6.20. The lowest BCUT2D eigenvalue weighted by molar-refractivity contribution is -0.124. The first kappa shape index (κ1) is 6.41. The molecule has 0 aromatic carbocycles. The Hall–Kier alpha value is -0.300. The Balaban J connectivity index is 2.34. The van der Waals surface area contributed by atoms with Crippen LogP contribution in [0.1, 0.15) is 12.8 Å². The van der Waals surface area contributed by atoms with Gasteiger partial charge >= 0.3 is 0 Å². The summed E-state index contributed by atoms with van der Waals surface area (Å²) in [4.78, 5) is 11.3. The molecule has 0 aromatic rings. The zero-order valence-electron chi connectivity index (χ0n) is 5.64. The molecule has 2 rings (SSSR count). The molecule has 2 aliphatic carbocycles. The molecule has 0 heterocycles. The Labute approximate surface area is 65.1 Å². The van der Waals surface area contributed by atoms with E-state index in [1.807, 2.05) is 6.08 Å². The smallest absolute Gasteiger partial charge is 0.144 e. The third-order valence-electron chi connectivity index (χ3n) is 2.71. The van der Waals surface area contributed by atoms with Crippen LogP contribution in [-0.2, 0) is 4.79 Å². The number of alkyl halides is 1. The Bertz CT molecular complexity index is 209. The van der Waals surface area contributed by atoms with Crippen molar-refractivity contribution in [2.24, 2.45) is 11.3 Å². The molecule has 2 aliphatic rings. The lowest BCUT2D eigenvalue weighted by Crippen LogP contribution is -2.37. The first-order chi connectivity index (χ1) is 4.79. The van der Waals surface area contributed by atoms with E-state index in [2.05, 4.69) is 6.08 Å². The summed E-state index contributed by atoms with van der Waals surface area (Å²) >= 11 is 5.72. The third kappa shape index (κ3) is 0.523. The van der Waals surface area contributed by atoms with E-state index in [4.69, 9.17) is 11.6 Å². The zero-order valence-corrected chi connectivity index (χ0v) is 6.40. The van der Waals surface area contributed by atoms with E-state index >= 15 is 0 Å². The van der Waals surface area contributed by atoms with Gasteiger partial charge in [0.2, 0.25) is 0 Å². The average molecular weight is 157 g/mol. The number of allylic oxidation sites excluding steroid dienone is 2. The van der Waals surface area contributed by atoms with E-state index in [9.17, 15) is 4.79 Å². The van der Waals surface area contributed by atoms with E-state index < -0.39 is 0 Å². The second-order valence-electron chi connectivity index (χ2n) is 3.10. The summed E-state index contributed by atoms with van der Waals surface area (Å²) in [5.74, 6) is 1.29. The van der Waals surface area contributed by atoms with Crippen LogP contribution in [0.25, 0.3) is 0 Å². The highest BCUT2D eigenvalue weighted by atomic mass is 35.5. The summed E-state index contributed by atoms with van der Waals surface area (Å²) < 4.78 is 0. The predicted molar refractivity (Wildman–Crippen MR) is 40.0 cm³/mol. The maximum absolute atomic E-state index is 11.3. The number of Topliss-reactive ketones (excluding diaryl/α,β-unsaturated/α-hetero) is 1. The van der Waals surface area contributed by atoms with Gasteiger partial charge < -0.3 is 0 Å². The van der Waals surface area contributed by atoms with Gasteiger partial charge in [0, 0.05) is 12.3 Å². The van der Waals surface area contributed by atoms with Gasteiger partial charge in [-0.2, -0.15) is 0 Å². The molecule has 2 unspecified atom stereocenters. The molecule has 1 saturated carbocycles. The molecule has 0 spiro atoms. The largest absolute Gasteiger partial charge is 0.299 e. The normalized spacial score (nSPS) is 43.3. The molecule has 1 fully saturated rings. The van der Waals surface area contributed by atoms with Crippen LogP contribution in [0.4, 0.5) is 0 Å². The number of fused-ring (bicyclic) bond motifs is 1. The minimum atomic E-state index is -0.221. The van der Waals surface area contributed by atoms with E-state index in [0.29, 0.717) is 17.6 Å². The summed E-state index contributed by atoms with van der Waals surface area (Å²) in [6, 6.07) is 0. The van der Waals surface area contributed by atoms with Crippen molar-refractivity contribution in [2.75, 3.05) is 5.88 Å². The van der Waals surface area contributed by atoms with E-state index in [-0.39, 0.29) is 5.41 Å². The molecule has 0 radical (unpaired) electrons. The van der Waals surface area contributed by atoms with Gasteiger partial charge in [0.1, 0.15) is 5.78 Å². The van der Waals surface area contributed by atoms with Crippen molar-refractivity contribution in [3.63, 3.8) is 0 Å². The summed E-state index contributed by atoms with van der Waals surface area (Å²) in [6.45, 7) is 0. The van der Waals surface area contributed by atoms with Crippen LogP contribution in [0.2, 0.25) is 0 Å². The molecule has 1 nitrogen and oxygen atoms in total. The number of rotatable bonds is 1. The van der Waals surface area contributed by atoms with Gasteiger partial charge in [0.15, 0.2) is 0 Å². The summed E-state index contributed by atoms with van der Waals surface area (Å²) in [5, 5.41) is 0. The minimum Gasteiger partial charge on any atom is -0.299 e. The monoisotopic (exact) mass is 156 g/mol. The van der Waals surface area contributed by atoms with Crippen LogP contribution in [0.15, 0.2) is 12.2 Å². The average Bonchev–Trinajstić information content (AvgIpc) is 2.06. The molecule has 54 valence electrons. The zero-order chi connectivity index (χ0) is 7.19. The number of carbonyl (C=O) groups is 1. The highest BCUT2D eigenvalue weighted by Crippen LogP contribution is 2.49. The van der Waals surface area contributed by atoms with Crippen LogP contribution in [0.5, 0.6) is 0 Å². The predicted octanol–water partition coefficient (Wildman–Crippen LogP) is 1.76. The molecule has 0 amide bonds. The van der Waals surface area contributed by atoms with Gasteiger partial charge in [-0.3, -0.25) is 4.79 Å². The van der Waals surface area contributed by atoms with Crippen molar-refractivity contribution < 1.29 is 4.79 Å². The number of ketones is 1. The Morgan fingerprint density at radius 1 is 1.80 bits per heavy atom. The van der Waals surface area contributed by atoms with Crippen molar-refractivity contribution in [1.29, 1.82) is 0 Å². The lowest BCUT2D eigenvalue weighted by Gasteiger charge is -2.34. The molecular weight excluding hydrogens is 148 g/mol. The van der Waals surface area contributed by atoms with Gasteiger partial charge in [0.25, 0.3) is 0 Å². The number of hydrogen-bond donors (Lipinski definition) is 0. The third-order valence-corrected chi connectivity index (χ3v) is 3.15. The van der Waals surface area contributed by atoms with Crippen molar-refractivity contribution in [2.45, 2.75) is 12.8 Å². The fourth-order valence-electron chi connectivity index (χ4n) is 1.86. The molecule has 0 saturated heterocycles. The number of carbonyl (C=O) groups excluding carboxylic acids is 1. The van der Waals surface area contributed by atoms with Gasteiger partial charge in [0.05, 0.1) is 5.41 Å². The highest BCUT2D eigenvalue weighted by Gasteiger charge is 2.50. The number of halogens is 1. The Morgan fingerprint density at radius 2 is 2.60 bits per heavy atom. The summed E-state index contributed by atoms with van der Waals surface area (Å²) in [6.07, 6.45) is 5.82. The molecule has 0 aliphatic heterocycles. The summed E-state index contributed by atoms with van der Waals surface area (Å²) in [5.41, 5.74) is -0.221. The SMILES string of the molecule is O=C1CCC2C=CC12CCl. The topological polar surface area (TPSA) is 17.1 Å². The first-order valence-corrected chi connectivity index (χ1v) is 4.12. The quantitative estimate of drug-likeness (QED) is 0.418. The van der Waals surface area contributed by atoms with Crippen molar-refractivity contribution >= 4 is 17.4 Å². The maximum Gasteiger partial charge on any atom is 0.144 e. The van der Waals surface area contributed by atoms with E-state index in [1.54, 1.807) is 0 Å². The number of hydrogen-bond acceptors (Lipinski definition) is 1. The second-order valence-corrected chi connectivity index (χ2v) is 3.37. The van der Waals surface area contributed by atoms with E-state index in [0.717, 1.165) is 12.8 Å². The molecule has 2 heteroatoms. The molecule has 0 aromatic heterocycles. The standard InChI is InChI=1S/C8H9ClO/c9-5-8-4-3-6(8)1-2-7(8)10/h3-4,6H,1-2,5H2. The van der Waals surface area contributed by atoms with Crippen LogP contribution in [0, 0.1) is 11.3 Å². The van der Waals surface area contributed by atoms with Crippen LogP contribution < -0.4 is 0 Å².